The minimum Gasteiger partial charge on any atom is -0.324 e. The lowest BCUT2D eigenvalue weighted by molar-refractivity contribution is -0.118. The molecule has 1 fully saturated rings. The van der Waals surface area contributed by atoms with Crippen molar-refractivity contribution in [2.75, 3.05) is 5.32 Å². The van der Waals surface area contributed by atoms with Crippen molar-refractivity contribution >= 4 is 23.4 Å². The topological polar surface area (TPSA) is 55.1 Å². The third kappa shape index (κ3) is 4.07. The van der Waals surface area contributed by atoms with Crippen molar-refractivity contribution in [2.45, 2.75) is 28.5 Å². The van der Waals surface area contributed by atoms with Crippen molar-refractivity contribution in [1.29, 1.82) is 0 Å². The zero-order chi connectivity index (χ0) is 18.7. The lowest BCUT2D eigenvalue weighted by atomic mass is 10.1. The average molecular weight is 375 g/mol. The number of thioether (sulfide) groups is 1. The quantitative estimate of drug-likeness (QED) is 0.609. The Hall–Kier alpha value is -2.56. The van der Waals surface area contributed by atoms with Crippen LogP contribution in [0.2, 0.25) is 0 Å². The van der Waals surface area contributed by atoms with Crippen molar-refractivity contribution in [2.24, 2.45) is 5.73 Å². The Bertz CT molecular complexity index is 912. The van der Waals surface area contributed by atoms with Crippen molar-refractivity contribution in [3.8, 4) is 0 Å². The molecule has 2 atom stereocenters. The van der Waals surface area contributed by atoms with Crippen LogP contribution in [-0.4, -0.2) is 11.4 Å². The number of hydrogen-bond donors (Lipinski definition) is 2. The Balaban J connectivity index is 1.34. The highest BCUT2D eigenvalue weighted by molar-refractivity contribution is 7.98. The molecular weight excluding hydrogens is 352 g/mol. The molecule has 3 N–H and O–H groups in total. The average Bonchev–Trinajstić information content (AvgIpc) is 3.42. The van der Waals surface area contributed by atoms with Gasteiger partial charge in [0.05, 0.1) is 0 Å². The molecule has 0 spiro atoms. The number of anilines is 1. The SMILES string of the molecule is N[C@@]1(C(=O)Nc2ccc(SCc3ccccc3)cc2)C[C@@H]1c1ccccc1. The molecule has 3 aromatic rings. The zero-order valence-corrected chi connectivity index (χ0v) is 15.8. The van der Waals surface area contributed by atoms with Gasteiger partial charge in [-0.3, -0.25) is 4.79 Å². The molecule has 0 saturated heterocycles. The van der Waals surface area contributed by atoms with Crippen molar-refractivity contribution in [1.82, 2.24) is 0 Å². The standard InChI is InChI=1S/C23H22N2OS/c24-23(15-21(23)18-9-5-2-6-10-18)22(26)25-19-11-13-20(14-12-19)27-16-17-7-3-1-4-8-17/h1-14,21H,15-16,24H2,(H,25,26)/t21-,23+/m1/s1. The van der Waals surface area contributed by atoms with E-state index in [1.807, 2.05) is 60.7 Å². The number of rotatable bonds is 6. The first-order valence-electron chi connectivity index (χ1n) is 9.07. The Morgan fingerprint density at radius 3 is 2.26 bits per heavy atom. The fourth-order valence-electron chi connectivity index (χ4n) is 3.25. The highest BCUT2D eigenvalue weighted by Crippen LogP contribution is 2.50. The van der Waals surface area contributed by atoms with Gasteiger partial charge in [-0.2, -0.15) is 0 Å². The first-order chi connectivity index (χ1) is 13.1. The number of benzene rings is 3. The van der Waals surface area contributed by atoms with Gasteiger partial charge in [0.1, 0.15) is 5.54 Å². The molecule has 1 aliphatic carbocycles. The van der Waals surface area contributed by atoms with E-state index in [0.717, 1.165) is 17.0 Å². The van der Waals surface area contributed by atoms with Gasteiger partial charge in [0.2, 0.25) is 5.91 Å². The normalized spacial score (nSPS) is 20.9. The fourth-order valence-corrected chi connectivity index (χ4v) is 4.11. The number of carbonyl (C=O) groups excluding carboxylic acids is 1. The molecule has 3 aromatic carbocycles. The van der Waals surface area contributed by atoms with Crippen LogP contribution in [0.4, 0.5) is 5.69 Å². The van der Waals surface area contributed by atoms with Crippen LogP contribution in [0.1, 0.15) is 23.5 Å². The number of nitrogens with one attached hydrogen (secondary N) is 1. The van der Waals surface area contributed by atoms with Crippen LogP contribution in [0.5, 0.6) is 0 Å². The minimum atomic E-state index is -0.803. The van der Waals surface area contributed by atoms with E-state index in [1.165, 1.54) is 10.5 Å². The van der Waals surface area contributed by atoms with E-state index in [9.17, 15) is 4.79 Å². The number of hydrogen-bond acceptors (Lipinski definition) is 3. The molecule has 4 heteroatoms. The van der Waals surface area contributed by atoms with Gasteiger partial charge in [0.15, 0.2) is 0 Å². The smallest absolute Gasteiger partial charge is 0.245 e. The first-order valence-corrected chi connectivity index (χ1v) is 10.1. The molecule has 0 radical (unpaired) electrons. The van der Waals surface area contributed by atoms with Crippen molar-refractivity contribution < 1.29 is 4.79 Å². The largest absolute Gasteiger partial charge is 0.324 e. The van der Waals surface area contributed by atoms with Gasteiger partial charge in [-0.15, -0.1) is 11.8 Å². The van der Waals surface area contributed by atoms with Crippen molar-refractivity contribution in [3.05, 3.63) is 96.1 Å². The molecular formula is C23H22N2OS. The summed E-state index contributed by atoms with van der Waals surface area (Å²) in [7, 11) is 0. The molecule has 0 aliphatic heterocycles. The van der Waals surface area contributed by atoms with E-state index < -0.39 is 5.54 Å². The number of nitrogens with two attached hydrogens (primary N) is 1. The zero-order valence-electron chi connectivity index (χ0n) is 15.0. The summed E-state index contributed by atoms with van der Waals surface area (Å²) < 4.78 is 0. The Kier molecular flexibility index (Phi) is 5.01. The molecule has 136 valence electrons. The minimum absolute atomic E-state index is 0.0967. The first kappa shape index (κ1) is 17.8. The highest BCUT2D eigenvalue weighted by Gasteiger charge is 2.57. The molecule has 1 aliphatic rings. The second kappa shape index (κ2) is 7.59. The van der Waals surface area contributed by atoms with Crippen molar-refractivity contribution in [3.63, 3.8) is 0 Å². The van der Waals surface area contributed by atoms with Gasteiger partial charge in [0, 0.05) is 22.3 Å². The predicted molar refractivity (Wildman–Crippen MR) is 112 cm³/mol. The van der Waals surface area contributed by atoms with Gasteiger partial charge in [-0.1, -0.05) is 60.7 Å². The molecule has 4 rings (SSSR count). The molecule has 1 saturated carbocycles. The van der Waals surface area contributed by atoms with E-state index in [1.54, 1.807) is 11.8 Å². The van der Waals surface area contributed by atoms with Gasteiger partial charge in [-0.25, -0.2) is 0 Å². The van der Waals surface area contributed by atoms with Crippen LogP contribution in [-0.2, 0) is 10.5 Å². The van der Waals surface area contributed by atoms with Gasteiger partial charge < -0.3 is 11.1 Å². The third-order valence-electron chi connectivity index (χ3n) is 4.99. The van der Waals surface area contributed by atoms with Crippen LogP contribution < -0.4 is 11.1 Å². The maximum atomic E-state index is 12.6. The summed E-state index contributed by atoms with van der Waals surface area (Å²) >= 11 is 1.78. The van der Waals surface area contributed by atoms with Gasteiger partial charge in [-0.05, 0) is 41.8 Å². The van der Waals surface area contributed by atoms with E-state index in [0.29, 0.717) is 6.42 Å². The third-order valence-corrected chi connectivity index (χ3v) is 6.07. The lowest BCUT2D eigenvalue weighted by Crippen LogP contribution is -2.39. The summed E-state index contributed by atoms with van der Waals surface area (Å²) in [5, 5.41) is 2.97. The second-order valence-corrected chi connectivity index (χ2v) is 8.01. The summed E-state index contributed by atoms with van der Waals surface area (Å²) in [5.74, 6) is 0.914. The van der Waals surface area contributed by atoms with E-state index in [2.05, 4.69) is 29.6 Å². The maximum absolute atomic E-state index is 12.6. The molecule has 1 amide bonds. The van der Waals surface area contributed by atoms with Crippen LogP contribution in [0.15, 0.2) is 89.8 Å². The summed E-state index contributed by atoms with van der Waals surface area (Å²) in [4.78, 5) is 13.8. The Morgan fingerprint density at radius 1 is 0.963 bits per heavy atom. The molecule has 0 unspecified atom stereocenters. The number of carbonyl (C=O) groups is 1. The molecule has 27 heavy (non-hydrogen) atoms. The number of amides is 1. The second-order valence-electron chi connectivity index (χ2n) is 6.96. The summed E-state index contributed by atoms with van der Waals surface area (Å²) in [5.41, 5.74) is 8.75. The van der Waals surface area contributed by atoms with Crippen LogP contribution in [0, 0.1) is 0 Å². The molecule has 3 nitrogen and oxygen atoms in total. The predicted octanol–water partition coefficient (Wildman–Crippen LogP) is 4.80. The summed E-state index contributed by atoms with van der Waals surface area (Å²) in [6, 6.07) is 28.3. The van der Waals surface area contributed by atoms with Crippen LogP contribution >= 0.6 is 11.8 Å². The highest BCUT2D eigenvalue weighted by atomic mass is 32.2. The Morgan fingerprint density at radius 2 is 1.59 bits per heavy atom. The Labute approximate surface area is 164 Å². The molecule has 0 heterocycles. The summed E-state index contributed by atoms with van der Waals surface area (Å²) in [6.45, 7) is 0. The summed E-state index contributed by atoms with van der Waals surface area (Å²) in [6.07, 6.45) is 0.688. The van der Waals surface area contributed by atoms with E-state index >= 15 is 0 Å². The molecule has 0 bridgehead atoms. The van der Waals surface area contributed by atoms with E-state index in [4.69, 9.17) is 5.73 Å². The monoisotopic (exact) mass is 374 g/mol. The van der Waals surface area contributed by atoms with Crippen LogP contribution in [0.3, 0.4) is 0 Å². The van der Waals surface area contributed by atoms with E-state index in [-0.39, 0.29) is 11.8 Å². The lowest BCUT2D eigenvalue weighted by Gasteiger charge is -2.13. The van der Waals surface area contributed by atoms with Gasteiger partial charge in [0.25, 0.3) is 0 Å². The van der Waals surface area contributed by atoms with Gasteiger partial charge >= 0.3 is 0 Å². The molecule has 0 aromatic heterocycles. The maximum Gasteiger partial charge on any atom is 0.245 e. The van der Waals surface area contributed by atoms with Crippen LogP contribution in [0.25, 0.3) is 0 Å². The fraction of sp³-hybridized carbons (Fsp3) is 0.174.